The van der Waals surface area contributed by atoms with E-state index in [1.807, 2.05) is 25.2 Å². The third kappa shape index (κ3) is 6.91. The molecule has 0 heterocycles. The molecule has 0 aliphatic heterocycles. The average Bonchev–Trinajstić information content (AvgIpc) is 2.01. The van der Waals surface area contributed by atoms with Crippen LogP contribution in [0.25, 0.3) is 0 Å². The van der Waals surface area contributed by atoms with E-state index in [9.17, 15) is 0 Å². The maximum Gasteiger partial charge on any atom is 0.0703 e. The van der Waals surface area contributed by atoms with Crippen LogP contribution in [0.4, 0.5) is 0 Å². The van der Waals surface area contributed by atoms with Crippen LogP contribution in [0.5, 0.6) is 0 Å². The molecule has 0 saturated carbocycles. The Morgan fingerprint density at radius 3 is 2.91 bits per heavy atom. The molecule has 0 aliphatic carbocycles. The maximum atomic E-state index is 4.43. The number of hydrogen-bond acceptors (Lipinski definition) is 2. The zero-order chi connectivity index (χ0) is 8.53. The third-order valence-electron chi connectivity index (χ3n) is 1.02. The van der Waals surface area contributed by atoms with Gasteiger partial charge in [-0.3, -0.25) is 0 Å². The van der Waals surface area contributed by atoms with Crippen molar-refractivity contribution in [2.75, 3.05) is 6.54 Å². The predicted molar refractivity (Wildman–Crippen MR) is 53.0 cm³/mol. The van der Waals surface area contributed by atoms with E-state index in [0.29, 0.717) is 6.54 Å². The number of isothiocyanates is 1. The van der Waals surface area contributed by atoms with Crippen molar-refractivity contribution in [3.05, 3.63) is 36.5 Å². The van der Waals surface area contributed by atoms with Crippen molar-refractivity contribution < 1.29 is 0 Å². The lowest BCUT2D eigenvalue weighted by atomic mass is 10.3. The van der Waals surface area contributed by atoms with Gasteiger partial charge in [0, 0.05) is 0 Å². The molecule has 0 unspecified atom stereocenters. The van der Waals surface area contributed by atoms with Crippen molar-refractivity contribution >= 4 is 17.4 Å². The quantitative estimate of drug-likeness (QED) is 0.354. The fourth-order valence-corrected chi connectivity index (χ4v) is 0.573. The summed E-state index contributed by atoms with van der Waals surface area (Å²) in [7, 11) is 0. The molecule has 0 aromatic carbocycles. The number of aliphatic imine (C=N–C) groups is 1. The highest BCUT2D eigenvalue weighted by Gasteiger charge is 1.80. The molecule has 0 aromatic heterocycles. The van der Waals surface area contributed by atoms with Gasteiger partial charge in [-0.15, -0.1) is 0 Å². The molecular weight excluding hydrogens is 154 g/mol. The van der Waals surface area contributed by atoms with Crippen molar-refractivity contribution in [1.29, 1.82) is 0 Å². The highest BCUT2D eigenvalue weighted by atomic mass is 32.1. The Bertz CT molecular complexity index is 220. The summed E-state index contributed by atoms with van der Waals surface area (Å²) in [6.45, 7) is 6.17. The molecule has 0 fully saturated rings. The lowest BCUT2D eigenvalue weighted by molar-refractivity contribution is 1.15. The van der Waals surface area contributed by atoms with E-state index < -0.39 is 0 Å². The van der Waals surface area contributed by atoms with Gasteiger partial charge in [0.2, 0.25) is 0 Å². The van der Waals surface area contributed by atoms with Crippen LogP contribution in [-0.2, 0) is 0 Å². The Labute approximate surface area is 72.8 Å². The van der Waals surface area contributed by atoms with Crippen molar-refractivity contribution in [3.8, 4) is 0 Å². The fraction of sp³-hybridized carbons (Fsp3) is 0.222. The minimum Gasteiger partial charge on any atom is -0.228 e. The first-order valence-corrected chi connectivity index (χ1v) is 3.70. The minimum absolute atomic E-state index is 0.630. The van der Waals surface area contributed by atoms with Crippen LogP contribution in [0.15, 0.2) is 41.4 Å². The van der Waals surface area contributed by atoms with E-state index >= 15 is 0 Å². The summed E-state index contributed by atoms with van der Waals surface area (Å²) in [5.74, 6) is 0. The standard InChI is InChI=1S/C9H11NS/c1-3-4-5-6-9(2)7-10-8-11/h3-6H,1,7H2,2H3/b5-4-,9-6-. The Kier molecular flexibility index (Phi) is 6.50. The van der Waals surface area contributed by atoms with Crippen molar-refractivity contribution in [1.82, 2.24) is 0 Å². The summed E-state index contributed by atoms with van der Waals surface area (Å²) in [6.07, 6.45) is 7.48. The Balaban J connectivity index is 3.89. The second-order valence-corrected chi connectivity index (χ2v) is 2.22. The van der Waals surface area contributed by atoms with E-state index in [1.165, 1.54) is 0 Å². The van der Waals surface area contributed by atoms with Crippen LogP contribution in [0, 0.1) is 0 Å². The van der Waals surface area contributed by atoms with E-state index in [2.05, 4.69) is 29.0 Å². The number of nitrogens with zero attached hydrogens (tertiary/aromatic N) is 1. The lowest BCUT2D eigenvalue weighted by Crippen LogP contribution is -1.79. The number of thiocarbonyl (C=S) groups is 1. The van der Waals surface area contributed by atoms with Crippen molar-refractivity contribution in [2.24, 2.45) is 4.99 Å². The van der Waals surface area contributed by atoms with Gasteiger partial charge in [-0.1, -0.05) is 36.5 Å². The topological polar surface area (TPSA) is 12.4 Å². The molecular formula is C9H11NS. The van der Waals surface area contributed by atoms with Crippen molar-refractivity contribution in [3.63, 3.8) is 0 Å². The van der Waals surface area contributed by atoms with Gasteiger partial charge in [-0.05, 0) is 19.1 Å². The van der Waals surface area contributed by atoms with Gasteiger partial charge in [0.1, 0.15) is 0 Å². The molecule has 0 N–H and O–H groups in total. The van der Waals surface area contributed by atoms with Crippen LogP contribution in [-0.4, -0.2) is 11.7 Å². The molecule has 1 nitrogen and oxygen atoms in total. The second-order valence-electron chi connectivity index (χ2n) is 2.04. The van der Waals surface area contributed by atoms with Crippen LogP contribution < -0.4 is 0 Å². The molecule has 0 aromatic rings. The summed E-state index contributed by atoms with van der Waals surface area (Å²) in [5, 5.41) is 2.31. The molecule has 0 amide bonds. The van der Waals surface area contributed by atoms with Crippen LogP contribution in [0.3, 0.4) is 0 Å². The van der Waals surface area contributed by atoms with Crippen LogP contribution in [0.1, 0.15) is 6.92 Å². The van der Waals surface area contributed by atoms with E-state index in [4.69, 9.17) is 0 Å². The monoisotopic (exact) mass is 165 g/mol. The second kappa shape index (κ2) is 7.13. The van der Waals surface area contributed by atoms with Gasteiger partial charge in [-0.25, -0.2) is 4.99 Å². The summed E-state index contributed by atoms with van der Waals surface area (Å²) >= 11 is 4.43. The van der Waals surface area contributed by atoms with Gasteiger partial charge in [-0.2, -0.15) is 0 Å². The molecule has 0 rings (SSSR count). The molecule has 0 radical (unpaired) electrons. The first-order valence-electron chi connectivity index (χ1n) is 3.29. The van der Waals surface area contributed by atoms with E-state index in [-0.39, 0.29) is 0 Å². The molecule has 0 aliphatic rings. The van der Waals surface area contributed by atoms with Gasteiger partial charge >= 0.3 is 0 Å². The first-order chi connectivity index (χ1) is 5.31. The molecule has 0 saturated heterocycles. The highest BCUT2D eigenvalue weighted by Crippen LogP contribution is 1.92. The normalized spacial score (nSPS) is 11.2. The molecule has 2 heteroatoms. The Morgan fingerprint density at radius 1 is 1.64 bits per heavy atom. The molecule has 11 heavy (non-hydrogen) atoms. The summed E-state index contributed by atoms with van der Waals surface area (Å²) < 4.78 is 0. The van der Waals surface area contributed by atoms with E-state index in [0.717, 1.165) is 5.57 Å². The molecule has 58 valence electrons. The van der Waals surface area contributed by atoms with E-state index in [1.54, 1.807) is 6.08 Å². The number of hydrogen-bond donors (Lipinski definition) is 0. The van der Waals surface area contributed by atoms with Crippen LogP contribution >= 0.6 is 12.2 Å². The van der Waals surface area contributed by atoms with Crippen LogP contribution in [0.2, 0.25) is 0 Å². The first kappa shape index (κ1) is 10.0. The zero-order valence-electron chi connectivity index (χ0n) is 6.58. The predicted octanol–water partition coefficient (Wildman–Crippen LogP) is 2.78. The summed E-state index contributed by atoms with van der Waals surface area (Å²) in [4.78, 5) is 3.79. The SMILES string of the molecule is C=C/C=C\C=C(\C)CN=C=S. The third-order valence-corrected chi connectivity index (χ3v) is 1.15. The van der Waals surface area contributed by atoms with Gasteiger partial charge in [0.15, 0.2) is 0 Å². The molecule has 0 bridgehead atoms. The number of rotatable bonds is 4. The molecule has 0 atom stereocenters. The van der Waals surface area contributed by atoms with Crippen molar-refractivity contribution in [2.45, 2.75) is 6.92 Å². The highest BCUT2D eigenvalue weighted by molar-refractivity contribution is 7.78. The largest absolute Gasteiger partial charge is 0.228 e. The zero-order valence-corrected chi connectivity index (χ0v) is 7.40. The minimum atomic E-state index is 0.630. The van der Waals surface area contributed by atoms with Gasteiger partial charge in [0.25, 0.3) is 0 Å². The van der Waals surface area contributed by atoms with Gasteiger partial charge < -0.3 is 0 Å². The summed E-state index contributed by atoms with van der Waals surface area (Å²) in [5.41, 5.74) is 1.15. The lowest BCUT2D eigenvalue weighted by Gasteiger charge is -1.88. The molecule has 0 spiro atoms. The maximum absolute atomic E-state index is 4.43. The average molecular weight is 165 g/mol. The Hall–Kier alpha value is -0.980. The smallest absolute Gasteiger partial charge is 0.0703 e. The fourth-order valence-electron chi connectivity index (χ4n) is 0.508. The summed E-state index contributed by atoms with van der Waals surface area (Å²) in [6, 6.07) is 0. The Morgan fingerprint density at radius 2 is 2.36 bits per heavy atom. The number of allylic oxidation sites excluding steroid dienone is 4. The van der Waals surface area contributed by atoms with Gasteiger partial charge in [0.05, 0.1) is 11.7 Å².